The summed E-state index contributed by atoms with van der Waals surface area (Å²) in [4.78, 5) is 15.4. The lowest BCUT2D eigenvalue weighted by atomic mass is 9.90. The summed E-state index contributed by atoms with van der Waals surface area (Å²) in [5.74, 6) is -0.994. The summed E-state index contributed by atoms with van der Waals surface area (Å²) in [5.41, 5.74) is 1.65. The number of piperidine rings is 1. The van der Waals surface area contributed by atoms with Crippen molar-refractivity contribution in [2.45, 2.75) is 31.4 Å². The summed E-state index contributed by atoms with van der Waals surface area (Å²) >= 11 is 5.39. The van der Waals surface area contributed by atoms with Gasteiger partial charge in [-0.3, -0.25) is 4.79 Å². The van der Waals surface area contributed by atoms with E-state index in [2.05, 4.69) is 10.6 Å². The maximum Gasteiger partial charge on any atom is 0.416 e. The number of nitrogens with one attached hydrogen (secondary N) is 2. The predicted molar refractivity (Wildman–Crippen MR) is 137 cm³/mol. The van der Waals surface area contributed by atoms with Crippen LogP contribution in [0.4, 0.5) is 24.5 Å². The molecule has 0 saturated carbocycles. The molecule has 0 aromatic heterocycles. The topological polar surface area (TPSA) is 44.4 Å². The SMILES string of the molecule is O=C(NC(=S)Nc1cc(C(F)(F)F)ccc1N1CCCCC1)C(c1ccccc1)c1ccccc1. The Morgan fingerprint density at radius 3 is 1.97 bits per heavy atom. The molecule has 0 radical (unpaired) electrons. The van der Waals surface area contributed by atoms with Crippen LogP contribution >= 0.6 is 12.2 Å². The van der Waals surface area contributed by atoms with Crippen LogP contribution in [0, 0.1) is 0 Å². The van der Waals surface area contributed by atoms with Gasteiger partial charge in [0.05, 0.1) is 22.9 Å². The summed E-state index contributed by atoms with van der Waals surface area (Å²) in [6.45, 7) is 1.51. The lowest BCUT2D eigenvalue weighted by Crippen LogP contribution is -2.38. The van der Waals surface area contributed by atoms with Crippen LogP contribution in [0.1, 0.15) is 41.9 Å². The standard InChI is InChI=1S/C27H26F3N3OS/c28-27(29,30)21-14-15-23(33-16-8-3-9-17-33)22(18-21)31-26(35)32-25(34)24(19-10-4-1-5-11-19)20-12-6-2-7-13-20/h1-2,4-7,10-15,18,24H,3,8-9,16-17H2,(H2,31,32,34,35). The Labute approximate surface area is 208 Å². The van der Waals surface area contributed by atoms with Crippen LogP contribution in [0.2, 0.25) is 0 Å². The highest BCUT2D eigenvalue weighted by atomic mass is 32.1. The molecule has 0 spiro atoms. The summed E-state index contributed by atoms with van der Waals surface area (Å²) in [6.07, 6.45) is -1.46. The van der Waals surface area contributed by atoms with Crippen LogP contribution in [-0.2, 0) is 11.0 Å². The third-order valence-electron chi connectivity index (χ3n) is 6.03. The molecular formula is C27H26F3N3OS. The molecule has 0 unspecified atom stereocenters. The number of nitrogens with zero attached hydrogens (tertiary/aromatic N) is 1. The van der Waals surface area contributed by atoms with Crippen LogP contribution in [-0.4, -0.2) is 24.1 Å². The molecule has 1 heterocycles. The van der Waals surface area contributed by atoms with Crippen molar-refractivity contribution in [3.63, 3.8) is 0 Å². The molecule has 1 aliphatic heterocycles. The Hall–Kier alpha value is -3.39. The fraction of sp³-hybridized carbons (Fsp3) is 0.259. The molecule has 4 nitrogen and oxygen atoms in total. The molecule has 0 aliphatic carbocycles. The van der Waals surface area contributed by atoms with Crippen molar-refractivity contribution >= 4 is 34.6 Å². The maximum absolute atomic E-state index is 13.4. The van der Waals surface area contributed by atoms with Gasteiger partial charge in [-0.15, -0.1) is 0 Å². The summed E-state index contributed by atoms with van der Waals surface area (Å²) in [7, 11) is 0. The maximum atomic E-state index is 13.4. The summed E-state index contributed by atoms with van der Waals surface area (Å²) < 4.78 is 40.3. The van der Waals surface area contributed by atoms with Crippen molar-refractivity contribution in [1.29, 1.82) is 0 Å². The fourth-order valence-electron chi connectivity index (χ4n) is 4.35. The zero-order valence-corrected chi connectivity index (χ0v) is 19.8. The molecule has 1 amide bonds. The minimum absolute atomic E-state index is 0.0514. The smallest absolute Gasteiger partial charge is 0.370 e. The minimum Gasteiger partial charge on any atom is -0.370 e. The summed E-state index contributed by atoms with van der Waals surface area (Å²) in [6, 6.07) is 22.2. The molecule has 35 heavy (non-hydrogen) atoms. The van der Waals surface area contributed by atoms with E-state index in [9.17, 15) is 18.0 Å². The summed E-state index contributed by atoms with van der Waals surface area (Å²) in [5, 5.41) is 5.51. The van der Waals surface area contributed by atoms with Gasteiger partial charge in [-0.05, 0) is 60.8 Å². The monoisotopic (exact) mass is 497 g/mol. The Balaban J connectivity index is 1.58. The Bertz CT molecular complexity index is 1120. The normalized spacial score (nSPS) is 14.0. The average molecular weight is 498 g/mol. The van der Waals surface area contributed by atoms with E-state index in [0.717, 1.165) is 55.6 Å². The molecule has 3 aromatic carbocycles. The first-order valence-electron chi connectivity index (χ1n) is 11.5. The second kappa shape index (κ2) is 10.9. The molecule has 1 fully saturated rings. The molecule has 1 aliphatic rings. The first-order valence-corrected chi connectivity index (χ1v) is 11.9. The number of anilines is 2. The molecule has 8 heteroatoms. The highest BCUT2D eigenvalue weighted by Gasteiger charge is 2.32. The number of carbonyl (C=O) groups is 1. The molecular weight excluding hydrogens is 471 g/mol. The van der Waals surface area contributed by atoms with Crippen LogP contribution in [0.3, 0.4) is 0 Å². The molecule has 1 saturated heterocycles. The predicted octanol–water partition coefficient (Wildman–Crippen LogP) is 6.34. The quantitative estimate of drug-likeness (QED) is 0.404. The Kier molecular flexibility index (Phi) is 7.70. The van der Waals surface area contributed by atoms with Gasteiger partial charge >= 0.3 is 6.18 Å². The van der Waals surface area contributed by atoms with Crippen LogP contribution < -0.4 is 15.5 Å². The number of hydrogen-bond acceptors (Lipinski definition) is 3. The molecule has 3 aromatic rings. The first kappa shape index (κ1) is 24.7. The first-order chi connectivity index (χ1) is 16.8. The van der Waals surface area contributed by atoms with E-state index in [-0.39, 0.29) is 16.7 Å². The van der Waals surface area contributed by atoms with Crippen molar-refractivity contribution in [2.24, 2.45) is 0 Å². The zero-order valence-electron chi connectivity index (χ0n) is 19.0. The highest BCUT2D eigenvalue weighted by molar-refractivity contribution is 7.80. The van der Waals surface area contributed by atoms with E-state index >= 15 is 0 Å². The van der Waals surface area contributed by atoms with Gasteiger partial charge in [0.25, 0.3) is 0 Å². The molecule has 0 atom stereocenters. The lowest BCUT2D eigenvalue weighted by molar-refractivity contribution is -0.137. The van der Waals surface area contributed by atoms with E-state index < -0.39 is 17.7 Å². The van der Waals surface area contributed by atoms with Crippen LogP contribution in [0.5, 0.6) is 0 Å². The van der Waals surface area contributed by atoms with Crippen molar-refractivity contribution in [1.82, 2.24) is 5.32 Å². The van der Waals surface area contributed by atoms with Gasteiger partial charge in [0.1, 0.15) is 0 Å². The number of rotatable bonds is 5. The molecule has 182 valence electrons. The number of carbonyl (C=O) groups excluding carboxylic acids is 1. The van der Waals surface area contributed by atoms with Gasteiger partial charge in [0.2, 0.25) is 5.91 Å². The number of hydrogen-bond donors (Lipinski definition) is 2. The third kappa shape index (κ3) is 6.19. The molecule has 4 rings (SSSR count). The van der Waals surface area contributed by atoms with Gasteiger partial charge < -0.3 is 15.5 Å². The lowest BCUT2D eigenvalue weighted by Gasteiger charge is -2.31. The minimum atomic E-state index is -4.49. The highest BCUT2D eigenvalue weighted by Crippen LogP contribution is 2.36. The van der Waals surface area contributed by atoms with Gasteiger partial charge in [-0.2, -0.15) is 13.2 Å². The number of benzene rings is 3. The number of alkyl halides is 3. The van der Waals surface area contributed by atoms with Crippen molar-refractivity contribution < 1.29 is 18.0 Å². The zero-order chi connectivity index (χ0) is 24.8. The van der Waals surface area contributed by atoms with E-state index in [0.29, 0.717) is 5.69 Å². The molecule has 2 N–H and O–H groups in total. The number of halogens is 3. The van der Waals surface area contributed by atoms with Crippen molar-refractivity contribution in [3.05, 3.63) is 95.6 Å². The van der Waals surface area contributed by atoms with Gasteiger partial charge in [-0.25, -0.2) is 0 Å². The average Bonchev–Trinajstić information content (AvgIpc) is 2.85. The third-order valence-corrected chi connectivity index (χ3v) is 6.24. The van der Waals surface area contributed by atoms with Crippen molar-refractivity contribution in [3.8, 4) is 0 Å². The second-order valence-electron chi connectivity index (χ2n) is 8.48. The van der Waals surface area contributed by atoms with Crippen LogP contribution in [0.15, 0.2) is 78.9 Å². The van der Waals surface area contributed by atoms with E-state index in [1.165, 1.54) is 6.07 Å². The van der Waals surface area contributed by atoms with Gasteiger partial charge in [-0.1, -0.05) is 60.7 Å². The van der Waals surface area contributed by atoms with Gasteiger partial charge in [0.15, 0.2) is 5.11 Å². The number of thiocarbonyl (C=S) groups is 1. The van der Waals surface area contributed by atoms with E-state index in [1.54, 1.807) is 0 Å². The Morgan fingerprint density at radius 2 is 1.43 bits per heavy atom. The van der Waals surface area contributed by atoms with E-state index in [1.807, 2.05) is 65.6 Å². The second-order valence-corrected chi connectivity index (χ2v) is 8.88. The molecule has 0 bridgehead atoms. The number of amides is 1. The van der Waals surface area contributed by atoms with Crippen LogP contribution in [0.25, 0.3) is 0 Å². The fourth-order valence-corrected chi connectivity index (χ4v) is 4.56. The Morgan fingerprint density at radius 1 is 0.857 bits per heavy atom. The van der Waals surface area contributed by atoms with Gasteiger partial charge in [0, 0.05) is 13.1 Å². The largest absolute Gasteiger partial charge is 0.416 e. The van der Waals surface area contributed by atoms with Crippen molar-refractivity contribution in [2.75, 3.05) is 23.3 Å². The van der Waals surface area contributed by atoms with E-state index in [4.69, 9.17) is 12.2 Å².